The first-order chi connectivity index (χ1) is 13.3. The SMILES string of the molecule is CCCCN1C(SCC(=O)c2ccc(Cl)c(Cl)c2)=NS(=O)(=O)c2ccccc21. The maximum absolute atomic E-state index is 12.6. The third-order valence-electron chi connectivity index (χ3n) is 4.17. The summed E-state index contributed by atoms with van der Waals surface area (Å²) in [6, 6.07) is 11.5. The van der Waals surface area contributed by atoms with E-state index < -0.39 is 10.0 Å². The first-order valence-electron chi connectivity index (χ1n) is 8.66. The van der Waals surface area contributed by atoms with Gasteiger partial charge in [-0.15, -0.1) is 4.40 Å². The summed E-state index contributed by atoms with van der Waals surface area (Å²) in [5.74, 6) is -0.144. The van der Waals surface area contributed by atoms with Crippen LogP contribution < -0.4 is 4.90 Å². The highest BCUT2D eigenvalue weighted by molar-refractivity contribution is 8.15. The van der Waals surface area contributed by atoms with Crippen LogP contribution in [0.2, 0.25) is 10.0 Å². The summed E-state index contributed by atoms with van der Waals surface area (Å²) < 4.78 is 29.1. The Morgan fingerprint density at radius 1 is 1.14 bits per heavy atom. The van der Waals surface area contributed by atoms with Gasteiger partial charge in [0.1, 0.15) is 4.90 Å². The van der Waals surface area contributed by atoms with Crippen LogP contribution in [0.25, 0.3) is 0 Å². The third-order valence-corrected chi connectivity index (χ3v) is 7.32. The smallest absolute Gasteiger partial charge is 0.286 e. The van der Waals surface area contributed by atoms with E-state index in [0.717, 1.165) is 24.6 Å². The number of anilines is 1. The van der Waals surface area contributed by atoms with Crippen molar-refractivity contribution in [1.82, 2.24) is 0 Å². The number of unbranched alkanes of at least 4 members (excludes halogenated alkanes) is 1. The van der Waals surface area contributed by atoms with Crippen molar-refractivity contribution in [2.75, 3.05) is 17.2 Å². The molecule has 2 aromatic rings. The molecule has 0 radical (unpaired) electrons. The van der Waals surface area contributed by atoms with E-state index in [1.807, 2.05) is 4.90 Å². The first kappa shape index (κ1) is 21.2. The Balaban J connectivity index is 1.85. The summed E-state index contributed by atoms with van der Waals surface area (Å²) in [4.78, 5) is 14.6. The Morgan fingerprint density at radius 3 is 2.61 bits per heavy atom. The van der Waals surface area contributed by atoms with Crippen LogP contribution in [-0.4, -0.2) is 31.7 Å². The zero-order valence-corrected chi connectivity index (χ0v) is 18.2. The number of hydrogen-bond acceptors (Lipinski definition) is 5. The van der Waals surface area contributed by atoms with Gasteiger partial charge >= 0.3 is 0 Å². The normalized spacial score (nSPS) is 15.1. The van der Waals surface area contributed by atoms with Gasteiger partial charge in [0, 0.05) is 12.1 Å². The van der Waals surface area contributed by atoms with Crippen LogP contribution in [0.1, 0.15) is 30.1 Å². The van der Waals surface area contributed by atoms with Gasteiger partial charge in [0.15, 0.2) is 11.0 Å². The van der Waals surface area contributed by atoms with Crippen LogP contribution in [0, 0.1) is 0 Å². The fourth-order valence-electron chi connectivity index (χ4n) is 2.72. The topological polar surface area (TPSA) is 66.8 Å². The molecule has 5 nitrogen and oxygen atoms in total. The number of Topliss-reactive ketones (excluding diaryl/α,β-unsaturated/α-hetero) is 1. The van der Waals surface area contributed by atoms with Gasteiger partial charge in [0.05, 0.1) is 21.5 Å². The molecule has 1 aliphatic rings. The lowest BCUT2D eigenvalue weighted by molar-refractivity contribution is 0.102. The van der Waals surface area contributed by atoms with E-state index in [2.05, 4.69) is 11.3 Å². The third kappa shape index (κ3) is 4.54. The van der Waals surface area contributed by atoms with Gasteiger partial charge in [0.2, 0.25) is 0 Å². The number of benzene rings is 2. The predicted octanol–water partition coefficient (Wildman–Crippen LogP) is 5.27. The number of thioether (sulfide) groups is 1. The van der Waals surface area contributed by atoms with Crippen LogP contribution in [0.5, 0.6) is 0 Å². The van der Waals surface area contributed by atoms with Crippen molar-refractivity contribution in [2.24, 2.45) is 4.40 Å². The van der Waals surface area contributed by atoms with E-state index in [1.54, 1.807) is 36.4 Å². The minimum atomic E-state index is -3.80. The number of nitrogens with zero attached hydrogens (tertiary/aromatic N) is 2. The van der Waals surface area contributed by atoms with Crippen LogP contribution in [0.15, 0.2) is 51.8 Å². The summed E-state index contributed by atoms with van der Waals surface area (Å²) in [5, 5.41) is 0.977. The van der Waals surface area contributed by atoms with E-state index in [0.29, 0.717) is 33.0 Å². The Morgan fingerprint density at radius 2 is 1.89 bits per heavy atom. The number of hydrogen-bond donors (Lipinski definition) is 0. The first-order valence-corrected chi connectivity index (χ1v) is 11.8. The Labute approximate surface area is 178 Å². The van der Waals surface area contributed by atoms with Crippen molar-refractivity contribution in [3.63, 3.8) is 0 Å². The molecular weight excluding hydrogens is 439 g/mol. The highest BCUT2D eigenvalue weighted by Crippen LogP contribution is 2.34. The second-order valence-corrected chi connectivity index (χ2v) is 9.49. The standard InChI is InChI=1S/C19H18Cl2N2O3S2/c1-2-3-10-23-16-6-4-5-7-18(16)28(25,26)22-19(23)27-12-17(24)13-8-9-14(20)15(21)11-13/h4-9,11H,2-3,10,12H2,1H3. The van der Waals surface area contributed by atoms with E-state index in [4.69, 9.17) is 23.2 Å². The lowest BCUT2D eigenvalue weighted by Gasteiger charge is -2.30. The summed E-state index contributed by atoms with van der Waals surface area (Å²) in [6.45, 7) is 2.68. The van der Waals surface area contributed by atoms with Crippen LogP contribution in [0.3, 0.4) is 0 Å². The molecule has 0 atom stereocenters. The van der Waals surface area contributed by atoms with Crippen LogP contribution >= 0.6 is 35.0 Å². The summed E-state index contributed by atoms with van der Waals surface area (Å²) >= 11 is 13.0. The van der Waals surface area contributed by atoms with E-state index >= 15 is 0 Å². The number of para-hydroxylation sites is 1. The van der Waals surface area contributed by atoms with Gasteiger partial charge in [-0.1, -0.05) is 60.4 Å². The molecule has 0 unspecified atom stereocenters. The molecule has 3 rings (SSSR count). The van der Waals surface area contributed by atoms with Crippen molar-refractivity contribution in [1.29, 1.82) is 0 Å². The number of halogens is 2. The average Bonchev–Trinajstić information content (AvgIpc) is 2.67. The molecule has 0 fully saturated rings. The molecule has 0 saturated carbocycles. The molecule has 0 aromatic heterocycles. The molecule has 148 valence electrons. The Bertz CT molecular complexity index is 1040. The van der Waals surface area contributed by atoms with Crippen molar-refractivity contribution < 1.29 is 13.2 Å². The second kappa shape index (κ2) is 8.86. The zero-order chi connectivity index (χ0) is 20.3. The van der Waals surface area contributed by atoms with E-state index in [-0.39, 0.29) is 16.4 Å². The molecule has 0 aliphatic carbocycles. The lowest BCUT2D eigenvalue weighted by Crippen LogP contribution is -2.35. The molecular formula is C19H18Cl2N2O3S2. The number of carbonyl (C=O) groups excluding carboxylic acids is 1. The maximum Gasteiger partial charge on any atom is 0.286 e. The van der Waals surface area contributed by atoms with Crippen molar-refractivity contribution >= 4 is 61.6 Å². The fourth-order valence-corrected chi connectivity index (χ4v) is 5.39. The highest BCUT2D eigenvalue weighted by Gasteiger charge is 2.30. The van der Waals surface area contributed by atoms with Crippen molar-refractivity contribution in [2.45, 2.75) is 24.7 Å². The quantitative estimate of drug-likeness (QED) is 0.553. The summed E-state index contributed by atoms with van der Waals surface area (Å²) in [6.07, 6.45) is 1.82. The molecule has 0 saturated heterocycles. The molecule has 28 heavy (non-hydrogen) atoms. The van der Waals surface area contributed by atoms with Gasteiger partial charge in [-0.3, -0.25) is 4.79 Å². The summed E-state index contributed by atoms with van der Waals surface area (Å²) in [7, 11) is -3.80. The largest absolute Gasteiger partial charge is 0.319 e. The van der Waals surface area contributed by atoms with Gasteiger partial charge in [-0.2, -0.15) is 8.42 Å². The lowest BCUT2D eigenvalue weighted by atomic mass is 10.1. The number of carbonyl (C=O) groups is 1. The molecule has 0 bridgehead atoms. The van der Waals surface area contributed by atoms with Crippen molar-refractivity contribution in [3.8, 4) is 0 Å². The van der Waals surface area contributed by atoms with Gasteiger partial charge in [-0.05, 0) is 36.8 Å². The molecule has 9 heteroatoms. The molecule has 1 aliphatic heterocycles. The highest BCUT2D eigenvalue weighted by atomic mass is 35.5. The number of amidine groups is 1. The molecule has 0 N–H and O–H groups in total. The molecule has 0 amide bonds. The number of sulfonamides is 1. The summed E-state index contributed by atoms with van der Waals surface area (Å²) in [5.41, 5.74) is 1.01. The minimum absolute atomic E-state index is 0.0388. The Hall–Kier alpha value is -1.54. The number of fused-ring (bicyclic) bond motifs is 1. The molecule has 1 heterocycles. The minimum Gasteiger partial charge on any atom is -0.319 e. The number of ketones is 1. The number of rotatable bonds is 6. The van der Waals surface area contributed by atoms with Crippen molar-refractivity contribution in [3.05, 3.63) is 58.1 Å². The van der Waals surface area contributed by atoms with Gasteiger partial charge in [-0.25, -0.2) is 0 Å². The monoisotopic (exact) mass is 456 g/mol. The predicted molar refractivity (Wildman–Crippen MR) is 117 cm³/mol. The fraction of sp³-hybridized carbons (Fsp3) is 0.263. The van der Waals surface area contributed by atoms with Crippen LogP contribution in [-0.2, 0) is 10.0 Å². The second-order valence-electron chi connectivity index (χ2n) is 6.16. The van der Waals surface area contributed by atoms with Crippen LogP contribution in [0.4, 0.5) is 5.69 Å². The molecule has 0 spiro atoms. The van der Waals surface area contributed by atoms with E-state index in [9.17, 15) is 13.2 Å². The van der Waals surface area contributed by atoms with Gasteiger partial charge < -0.3 is 4.90 Å². The molecule has 2 aromatic carbocycles. The van der Waals surface area contributed by atoms with Gasteiger partial charge in [0.25, 0.3) is 10.0 Å². The maximum atomic E-state index is 12.6. The zero-order valence-electron chi connectivity index (χ0n) is 15.1. The average molecular weight is 457 g/mol. The Kier molecular flexibility index (Phi) is 6.70. The van der Waals surface area contributed by atoms with E-state index in [1.165, 1.54) is 6.07 Å².